The minimum Gasteiger partial charge on any atom is -0.494 e. The Hall–Kier alpha value is -0.670. The first kappa shape index (κ1) is 15.4. The number of nitrogens with one attached hydrogen (secondary N) is 1. The van der Waals surface area contributed by atoms with Crippen LogP contribution in [0.25, 0.3) is 0 Å². The SMILES string of the molecule is CCOc1ccc(C(C)NCCCCSC)cc1. The molecule has 1 N–H and O–H groups in total. The normalized spacial score (nSPS) is 12.4. The number of thioether (sulfide) groups is 1. The summed E-state index contributed by atoms with van der Waals surface area (Å²) < 4.78 is 5.44. The maximum absolute atomic E-state index is 5.44. The van der Waals surface area contributed by atoms with Gasteiger partial charge in [0.15, 0.2) is 0 Å². The van der Waals surface area contributed by atoms with E-state index in [9.17, 15) is 0 Å². The largest absolute Gasteiger partial charge is 0.494 e. The van der Waals surface area contributed by atoms with E-state index in [1.807, 2.05) is 30.8 Å². The van der Waals surface area contributed by atoms with Gasteiger partial charge in [-0.05, 0) is 62.9 Å². The molecular weight excluding hydrogens is 242 g/mol. The Labute approximate surface area is 116 Å². The van der Waals surface area contributed by atoms with E-state index < -0.39 is 0 Å². The molecule has 1 unspecified atom stereocenters. The number of ether oxygens (including phenoxy) is 1. The molecule has 0 amide bonds. The summed E-state index contributed by atoms with van der Waals surface area (Å²) >= 11 is 1.92. The van der Waals surface area contributed by atoms with Crippen LogP contribution in [0.5, 0.6) is 5.75 Å². The fraction of sp³-hybridized carbons (Fsp3) is 0.600. The van der Waals surface area contributed by atoms with E-state index >= 15 is 0 Å². The Balaban J connectivity index is 2.30. The summed E-state index contributed by atoms with van der Waals surface area (Å²) in [6.07, 6.45) is 4.71. The molecule has 3 heteroatoms. The van der Waals surface area contributed by atoms with Gasteiger partial charge in [0.2, 0.25) is 0 Å². The Bertz CT molecular complexity index is 313. The summed E-state index contributed by atoms with van der Waals surface area (Å²) in [5.74, 6) is 2.22. The second kappa shape index (κ2) is 9.29. The predicted octanol–water partition coefficient (Wildman–Crippen LogP) is 3.88. The Morgan fingerprint density at radius 2 is 1.94 bits per heavy atom. The van der Waals surface area contributed by atoms with E-state index in [0.29, 0.717) is 6.04 Å². The van der Waals surface area contributed by atoms with Crippen molar-refractivity contribution in [2.75, 3.05) is 25.2 Å². The zero-order valence-electron chi connectivity index (χ0n) is 11.7. The molecule has 1 aromatic carbocycles. The van der Waals surface area contributed by atoms with E-state index in [-0.39, 0.29) is 0 Å². The molecule has 1 rings (SSSR count). The van der Waals surface area contributed by atoms with E-state index in [4.69, 9.17) is 4.74 Å². The van der Waals surface area contributed by atoms with Gasteiger partial charge in [-0.25, -0.2) is 0 Å². The monoisotopic (exact) mass is 267 g/mol. The van der Waals surface area contributed by atoms with Crippen LogP contribution in [-0.4, -0.2) is 25.2 Å². The Kier molecular flexibility index (Phi) is 7.94. The minimum absolute atomic E-state index is 0.412. The number of unbranched alkanes of at least 4 members (excludes halogenated alkanes) is 1. The Morgan fingerprint density at radius 3 is 2.56 bits per heavy atom. The lowest BCUT2D eigenvalue weighted by Gasteiger charge is -2.14. The van der Waals surface area contributed by atoms with E-state index in [1.54, 1.807) is 0 Å². The van der Waals surface area contributed by atoms with Crippen molar-refractivity contribution in [1.82, 2.24) is 5.32 Å². The first-order chi connectivity index (χ1) is 8.77. The zero-order valence-corrected chi connectivity index (χ0v) is 12.6. The van der Waals surface area contributed by atoms with Crippen LogP contribution in [0.2, 0.25) is 0 Å². The first-order valence-electron chi connectivity index (χ1n) is 6.73. The van der Waals surface area contributed by atoms with Crippen molar-refractivity contribution in [3.63, 3.8) is 0 Å². The second-order valence-corrected chi connectivity index (χ2v) is 5.36. The average molecular weight is 267 g/mol. The highest BCUT2D eigenvalue weighted by Gasteiger charge is 2.04. The molecule has 0 saturated carbocycles. The van der Waals surface area contributed by atoms with Crippen molar-refractivity contribution in [2.24, 2.45) is 0 Å². The number of hydrogen-bond donors (Lipinski definition) is 1. The molecule has 0 bridgehead atoms. The van der Waals surface area contributed by atoms with Crippen LogP contribution in [-0.2, 0) is 0 Å². The number of benzene rings is 1. The molecule has 18 heavy (non-hydrogen) atoms. The second-order valence-electron chi connectivity index (χ2n) is 4.38. The third-order valence-electron chi connectivity index (χ3n) is 2.92. The molecule has 102 valence electrons. The first-order valence-corrected chi connectivity index (χ1v) is 8.12. The van der Waals surface area contributed by atoms with Crippen molar-refractivity contribution in [1.29, 1.82) is 0 Å². The van der Waals surface area contributed by atoms with Crippen LogP contribution in [0.3, 0.4) is 0 Å². The smallest absolute Gasteiger partial charge is 0.119 e. The molecule has 1 atom stereocenters. The van der Waals surface area contributed by atoms with Gasteiger partial charge >= 0.3 is 0 Å². The lowest BCUT2D eigenvalue weighted by Crippen LogP contribution is -2.19. The van der Waals surface area contributed by atoms with Crippen molar-refractivity contribution in [2.45, 2.75) is 32.7 Å². The summed E-state index contributed by atoms with van der Waals surface area (Å²) in [6.45, 7) is 6.04. The summed E-state index contributed by atoms with van der Waals surface area (Å²) in [5, 5.41) is 3.56. The predicted molar refractivity (Wildman–Crippen MR) is 81.6 cm³/mol. The fourth-order valence-corrected chi connectivity index (χ4v) is 2.32. The number of hydrogen-bond acceptors (Lipinski definition) is 3. The van der Waals surface area contributed by atoms with Gasteiger partial charge in [-0.3, -0.25) is 0 Å². The van der Waals surface area contributed by atoms with Crippen LogP contribution >= 0.6 is 11.8 Å². The van der Waals surface area contributed by atoms with Crippen LogP contribution in [0.4, 0.5) is 0 Å². The highest BCUT2D eigenvalue weighted by molar-refractivity contribution is 7.98. The van der Waals surface area contributed by atoms with Crippen LogP contribution in [0.1, 0.15) is 38.3 Å². The van der Waals surface area contributed by atoms with Crippen LogP contribution < -0.4 is 10.1 Å². The minimum atomic E-state index is 0.412. The molecule has 0 aliphatic rings. The molecule has 0 aromatic heterocycles. The van der Waals surface area contributed by atoms with Gasteiger partial charge in [-0.1, -0.05) is 12.1 Å². The van der Waals surface area contributed by atoms with Gasteiger partial charge in [0.05, 0.1) is 6.61 Å². The third kappa shape index (κ3) is 5.78. The third-order valence-corrected chi connectivity index (χ3v) is 3.61. The summed E-state index contributed by atoms with van der Waals surface area (Å²) in [5.41, 5.74) is 1.32. The zero-order chi connectivity index (χ0) is 13.2. The quantitative estimate of drug-likeness (QED) is 0.686. The van der Waals surface area contributed by atoms with Crippen LogP contribution in [0, 0.1) is 0 Å². The van der Waals surface area contributed by atoms with E-state index in [0.717, 1.165) is 18.9 Å². The van der Waals surface area contributed by atoms with Crippen molar-refractivity contribution in [3.05, 3.63) is 29.8 Å². The van der Waals surface area contributed by atoms with Gasteiger partial charge < -0.3 is 10.1 Å². The summed E-state index contributed by atoms with van der Waals surface area (Å²) in [6, 6.07) is 8.79. The fourth-order valence-electron chi connectivity index (χ4n) is 1.83. The molecule has 0 saturated heterocycles. The average Bonchev–Trinajstić information content (AvgIpc) is 2.39. The van der Waals surface area contributed by atoms with Crippen molar-refractivity contribution in [3.8, 4) is 5.75 Å². The molecular formula is C15H25NOS. The lowest BCUT2D eigenvalue weighted by molar-refractivity contribution is 0.340. The Morgan fingerprint density at radius 1 is 1.22 bits per heavy atom. The summed E-state index contributed by atoms with van der Waals surface area (Å²) in [4.78, 5) is 0. The molecule has 0 aliphatic carbocycles. The summed E-state index contributed by atoms with van der Waals surface area (Å²) in [7, 11) is 0. The highest BCUT2D eigenvalue weighted by Crippen LogP contribution is 2.17. The molecule has 0 spiro atoms. The molecule has 2 nitrogen and oxygen atoms in total. The topological polar surface area (TPSA) is 21.3 Å². The van der Waals surface area contributed by atoms with Gasteiger partial charge in [0.1, 0.15) is 5.75 Å². The molecule has 0 aliphatic heterocycles. The molecule has 1 aromatic rings. The molecule has 0 fully saturated rings. The maximum atomic E-state index is 5.44. The maximum Gasteiger partial charge on any atom is 0.119 e. The standard InChI is InChI=1S/C15H25NOS/c1-4-17-15-9-7-14(8-10-15)13(2)16-11-5-6-12-18-3/h7-10,13,16H,4-6,11-12H2,1-3H3. The molecule has 0 radical (unpaired) electrons. The van der Waals surface area contributed by atoms with Gasteiger partial charge in [-0.15, -0.1) is 0 Å². The van der Waals surface area contributed by atoms with Crippen molar-refractivity contribution < 1.29 is 4.74 Å². The van der Waals surface area contributed by atoms with Gasteiger partial charge in [-0.2, -0.15) is 11.8 Å². The highest BCUT2D eigenvalue weighted by atomic mass is 32.2. The van der Waals surface area contributed by atoms with E-state index in [1.165, 1.54) is 24.2 Å². The van der Waals surface area contributed by atoms with Crippen molar-refractivity contribution >= 4 is 11.8 Å². The lowest BCUT2D eigenvalue weighted by atomic mass is 10.1. The van der Waals surface area contributed by atoms with E-state index in [2.05, 4.69) is 30.6 Å². The van der Waals surface area contributed by atoms with Crippen LogP contribution in [0.15, 0.2) is 24.3 Å². The van der Waals surface area contributed by atoms with Gasteiger partial charge in [0.25, 0.3) is 0 Å². The van der Waals surface area contributed by atoms with Gasteiger partial charge in [0, 0.05) is 6.04 Å². The number of rotatable bonds is 9. The molecule has 0 heterocycles.